The van der Waals surface area contributed by atoms with E-state index in [0.717, 1.165) is 10.6 Å². The molecule has 0 saturated heterocycles. The van der Waals surface area contributed by atoms with Gasteiger partial charge in [0.2, 0.25) is 21.8 Å². The molecule has 1 atom stereocenters. The first-order valence-electron chi connectivity index (χ1n) is 9.68. The minimum Gasteiger partial charge on any atom is -0.355 e. The molecule has 1 N–H and O–H groups in total. The van der Waals surface area contributed by atoms with Crippen molar-refractivity contribution in [1.82, 2.24) is 10.2 Å². The largest absolute Gasteiger partial charge is 0.355 e. The summed E-state index contributed by atoms with van der Waals surface area (Å²) in [7, 11) is -3.79. The van der Waals surface area contributed by atoms with Crippen LogP contribution < -0.4 is 9.62 Å². The van der Waals surface area contributed by atoms with E-state index < -0.39 is 28.5 Å². The molecule has 2 aromatic rings. The summed E-state index contributed by atoms with van der Waals surface area (Å²) in [5.74, 6) is -0.917. The smallest absolute Gasteiger partial charge is 0.244 e. The van der Waals surface area contributed by atoms with E-state index in [0.29, 0.717) is 32.3 Å². The molecule has 11 heteroatoms. The monoisotopic (exact) mass is 563 g/mol. The van der Waals surface area contributed by atoms with Crippen LogP contribution in [0.4, 0.5) is 5.69 Å². The number of benzene rings is 2. The number of carbonyl (C=O) groups excluding carboxylic acids is 2. The summed E-state index contributed by atoms with van der Waals surface area (Å²) in [4.78, 5) is 27.2. The molecule has 0 heterocycles. The van der Waals surface area contributed by atoms with Gasteiger partial charge in [-0.15, -0.1) is 0 Å². The molecule has 1 unspecified atom stereocenters. The first kappa shape index (κ1) is 26.4. The van der Waals surface area contributed by atoms with Gasteiger partial charge in [-0.25, -0.2) is 8.42 Å². The third kappa shape index (κ3) is 7.10. The Balaban J connectivity index is 2.41. The Kier molecular flexibility index (Phi) is 9.39. The van der Waals surface area contributed by atoms with Crippen molar-refractivity contribution in [2.45, 2.75) is 26.4 Å². The number of hydrogen-bond acceptors (Lipinski definition) is 4. The fraction of sp³-hybridized carbons (Fsp3) is 0.333. The zero-order valence-corrected chi connectivity index (χ0v) is 21.7. The number of hydrogen-bond donors (Lipinski definition) is 1. The van der Waals surface area contributed by atoms with E-state index in [9.17, 15) is 18.0 Å². The standard InChI is InChI=1S/C21H24BrCl2N3O4S/c1-4-25-21(29)14(2)26(12-15-8-9-17(23)11-19(15)24)20(28)13-27(32(3,30)31)18-7-5-6-16(22)10-18/h5-11,14H,4,12-13H2,1-3H3,(H,25,29). The Morgan fingerprint density at radius 1 is 1.16 bits per heavy atom. The summed E-state index contributed by atoms with van der Waals surface area (Å²) in [5, 5.41) is 3.46. The minimum absolute atomic E-state index is 0.00320. The molecule has 2 aromatic carbocycles. The topological polar surface area (TPSA) is 86.8 Å². The quantitative estimate of drug-likeness (QED) is 0.497. The molecule has 0 bridgehead atoms. The zero-order valence-electron chi connectivity index (χ0n) is 17.8. The molecule has 32 heavy (non-hydrogen) atoms. The van der Waals surface area contributed by atoms with Crippen LogP contribution in [0.3, 0.4) is 0 Å². The molecule has 7 nitrogen and oxygen atoms in total. The minimum atomic E-state index is -3.79. The molecular weight excluding hydrogens is 541 g/mol. The molecule has 0 aromatic heterocycles. The number of rotatable bonds is 9. The van der Waals surface area contributed by atoms with Gasteiger partial charge in [-0.05, 0) is 49.7 Å². The fourth-order valence-corrected chi connectivity index (χ4v) is 4.68. The van der Waals surface area contributed by atoms with E-state index in [4.69, 9.17) is 23.2 Å². The highest BCUT2D eigenvalue weighted by Crippen LogP contribution is 2.25. The van der Waals surface area contributed by atoms with Gasteiger partial charge in [0.1, 0.15) is 12.6 Å². The molecule has 0 aliphatic carbocycles. The van der Waals surface area contributed by atoms with E-state index in [1.54, 1.807) is 56.3 Å². The molecule has 0 radical (unpaired) electrons. The third-order valence-electron chi connectivity index (χ3n) is 4.65. The summed E-state index contributed by atoms with van der Waals surface area (Å²) >= 11 is 15.6. The van der Waals surface area contributed by atoms with E-state index in [1.165, 1.54) is 4.90 Å². The van der Waals surface area contributed by atoms with Crippen molar-refractivity contribution in [1.29, 1.82) is 0 Å². The Morgan fingerprint density at radius 2 is 1.84 bits per heavy atom. The second-order valence-electron chi connectivity index (χ2n) is 7.08. The summed E-state index contributed by atoms with van der Waals surface area (Å²) in [6.45, 7) is 3.26. The zero-order chi connectivity index (χ0) is 24.1. The predicted molar refractivity (Wildman–Crippen MR) is 131 cm³/mol. The van der Waals surface area contributed by atoms with E-state index >= 15 is 0 Å². The second kappa shape index (κ2) is 11.4. The molecular formula is C21H24BrCl2N3O4S. The highest BCUT2D eigenvalue weighted by molar-refractivity contribution is 9.10. The summed E-state index contributed by atoms with van der Waals surface area (Å²) in [6, 6.07) is 10.6. The van der Waals surface area contributed by atoms with Gasteiger partial charge in [0.15, 0.2) is 0 Å². The van der Waals surface area contributed by atoms with Crippen molar-refractivity contribution in [2.75, 3.05) is 23.7 Å². The lowest BCUT2D eigenvalue weighted by Crippen LogP contribution is -2.51. The first-order valence-corrected chi connectivity index (χ1v) is 13.1. The van der Waals surface area contributed by atoms with Gasteiger partial charge in [-0.2, -0.15) is 0 Å². The summed E-state index contributed by atoms with van der Waals surface area (Å²) < 4.78 is 26.6. The van der Waals surface area contributed by atoms with Crippen molar-refractivity contribution >= 4 is 66.7 Å². The van der Waals surface area contributed by atoms with Crippen molar-refractivity contribution < 1.29 is 18.0 Å². The molecule has 0 spiro atoms. The summed E-state index contributed by atoms with van der Waals surface area (Å²) in [5.41, 5.74) is 0.902. The van der Waals surface area contributed by atoms with Crippen LogP contribution in [0.15, 0.2) is 46.9 Å². The van der Waals surface area contributed by atoms with Gasteiger partial charge in [0.05, 0.1) is 11.9 Å². The number of sulfonamides is 1. The fourth-order valence-electron chi connectivity index (χ4n) is 2.98. The lowest BCUT2D eigenvalue weighted by atomic mass is 10.1. The van der Waals surface area contributed by atoms with E-state index in [2.05, 4.69) is 21.2 Å². The number of amides is 2. The molecule has 0 fully saturated rings. The van der Waals surface area contributed by atoms with Crippen LogP contribution in [0.5, 0.6) is 0 Å². The van der Waals surface area contributed by atoms with Gasteiger partial charge in [0, 0.05) is 27.6 Å². The first-order chi connectivity index (χ1) is 14.9. The number of carbonyl (C=O) groups is 2. The predicted octanol–water partition coefficient (Wildman–Crippen LogP) is 4.08. The van der Waals surface area contributed by atoms with Crippen molar-refractivity contribution in [3.8, 4) is 0 Å². The van der Waals surface area contributed by atoms with Gasteiger partial charge >= 0.3 is 0 Å². The van der Waals surface area contributed by atoms with Gasteiger partial charge < -0.3 is 10.2 Å². The van der Waals surface area contributed by atoms with E-state index in [-0.39, 0.29) is 12.5 Å². The van der Waals surface area contributed by atoms with Crippen LogP contribution >= 0.6 is 39.1 Å². The van der Waals surface area contributed by atoms with Crippen LogP contribution in [-0.2, 0) is 26.2 Å². The van der Waals surface area contributed by atoms with Crippen LogP contribution in [0.2, 0.25) is 10.0 Å². The highest BCUT2D eigenvalue weighted by Gasteiger charge is 2.30. The maximum absolute atomic E-state index is 13.4. The molecule has 174 valence electrons. The van der Waals surface area contributed by atoms with Crippen molar-refractivity contribution in [3.05, 3.63) is 62.5 Å². The van der Waals surface area contributed by atoms with Gasteiger partial charge in [0.25, 0.3) is 0 Å². The summed E-state index contributed by atoms with van der Waals surface area (Å²) in [6.07, 6.45) is 1.02. The van der Waals surface area contributed by atoms with Crippen molar-refractivity contribution in [3.63, 3.8) is 0 Å². The lowest BCUT2D eigenvalue weighted by molar-refractivity contribution is -0.139. The van der Waals surface area contributed by atoms with Crippen LogP contribution in [0.25, 0.3) is 0 Å². The maximum atomic E-state index is 13.4. The van der Waals surface area contributed by atoms with E-state index in [1.807, 2.05) is 0 Å². The highest BCUT2D eigenvalue weighted by atomic mass is 79.9. The number of likely N-dealkylation sites (N-methyl/N-ethyl adjacent to an activating group) is 1. The SMILES string of the molecule is CCNC(=O)C(C)N(Cc1ccc(Cl)cc1Cl)C(=O)CN(c1cccc(Br)c1)S(C)(=O)=O. The Hall–Kier alpha value is -1.81. The number of nitrogens with one attached hydrogen (secondary N) is 1. The number of nitrogens with zero attached hydrogens (tertiary/aromatic N) is 2. The maximum Gasteiger partial charge on any atom is 0.244 e. The molecule has 0 aliphatic rings. The van der Waals surface area contributed by atoms with Crippen LogP contribution in [0.1, 0.15) is 19.4 Å². The molecule has 2 rings (SSSR count). The Morgan fingerprint density at radius 3 is 2.41 bits per heavy atom. The Labute approximate surface area is 206 Å². The van der Waals surface area contributed by atoms with Crippen LogP contribution in [-0.4, -0.2) is 50.5 Å². The number of anilines is 1. The third-order valence-corrected chi connectivity index (χ3v) is 6.87. The van der Waals surface area contributed by atoms with Crippen molar-refractivity contribution in [2.24, 2.45) is 0 Å². The molecule has 0 aliphatic heterocycles. The number of halogens is 3. The average molecular weight is 565 g/mol. The average Bonchev–Trinajstić information content (AvgIpc) is 2.70. The normalized spacial score (nSPS) is 12.2. The second-order valence-corrected chi connectivity index (χ2v) is 10.7. The molecule has 2 amide bonds. The molecule has 0 saturated carbocycles. The van der Waals surface area contributed by atoms with Gasteiger partial charge in [-0.3, -0.25) is 13.9 Å². The van der Waals surface area contributed by atoms with Gasteiger partial charge in [-0.1, -0.05) is 51.3 Å². The Bertz CT molecular complexity index is 1100. The lowest BCUT2D eigenvalue weighted by Gasteiger charge is -2.31. The van der Waals surface area contributed by atoms with Crippen LogP contribution in [0, 0.1) is 0 Å².